The van der Waals surface area contributed by atoms with Crippen molar-refractivity contribution in [2.24, 2.45) is 0 Å². The van der Waals surface area contributed by atoms with E-state index in [2.05, 4.69) is 27.9 Å². The van der Waals surface area contributed by atoms with Crippen molar-refractivity contribution in [2.45, 2.75) is 0 Å². The van der Waals surface area contributed by atoms with Gasteiger partial charge >= 0.3 is 0 Å². The van der Waals surface area contributed by atoms with E-state index < -0.39 is 0 Å². The number of aromatic nitrogens is 2. The van der Waals surface area contributed by atoms with Crippen LogP contribution in [0.15, 0.2) is 85.8 Å². The average molecular weight is 379 g/mol. The predicted molar refractivity (Wildman–Crippen MR) is 115 cm³/mol. The number of hydrogen-bond donors (Lipinski definition) is 1. The molecule has 0 aliphatic rings. The van der Waals surface area contributed by atoms with Crippen molar-refractivity contribution in [2.75, 3.05) is 5.32 Å². The molecular formula is C24H17N3O2. The molecule has 0 atom stereocenters. The molecule has 0 bridgehead atoms. The highest BCUT2D eigenvalue weighted by molar-refractivity contribution is 6.01. The zero-order chi connectivity index (χ0) is 20.2. The van der Waals surface area contributed by atoms with Gasteiger partial charge in [-0.15, -0.1) is 0 Å². The smallest absolute Gasteiger partial charge is 0.247 e. The number of benzene rings is 3. The Bertz CT molecular complexity index is 1230. The molecule has 1 amide bonds. The number of nitrogens with one attached hydrogen (secondary N) is 1. The third kappa shape index (κ3) is 3.80. The summed E-state index contributed by atoms with van der Waals surface area (Å²) in [5.41, 5.74) is 5.94. The van der Waals surface area contributed by atoms with Crippen LogP contribution in [-0.2, 0) is 4.79 Å². The summed E-state index contributed by atoms with van der Waals surface area (Å²) in [5, 5.41) is 3.69. The van der Waals surface area contributed by atoms with Crippen molar-refractivity contribution in [3.8, 4) is 22.3 Å². The van der Waals surface area contributed by atoms with E-state index in [0.29, 0.717) is 11.3 Å². The standard InChI is InChI=1S/C24H17N3O2/c1-2-23(29)27-21-5-3-4-18(11-21)22-12-19(10-20-13-25-15-26-24(20)22)17-8-6-16(14-28)7-9-17/h2-15H,1H2,(H,27,29). The van der Waals surface area contributed by atoms with Crippen molar-refractivity contribution < 1.29 is 9.59 Å². The van der Waals surface area contributed by atoms with Crippen molar-refractivity contribution in [1.82, 2.24) is 9.97 Å². The van der Waals surface area contributed by atoms with E-state index >= 15 is 0 Å². The van der Waals surface area contributed by atoms with Crippen LogP contribution in [0.4, 0.5) is 5.69 Å². The number of anilines is 1. The number of hydrogen-bond acceptors (Lipinski definition) is 4. The van der Waals surface area contributed by atoms with Crippen LogP contribution in [0.2, 0.25) is 0 Å². The van der Waals surface area contributed by atoms with Gasteiger partial charge in [-0.25, -0.2) is 9.97 Å². The van der Waals surface area contributed by atoms with Gasteiger partial charge < -0.3 is 5.32 Å². The second kappa shape index (κ2) is 7.86. The lowest BCUT2D eigenvalue weighted by Crippen LogP contribution is -2.07. The van der Waals surface area contributed by atoms with Crippen LogP contribution >= 0.6 is 0 Å². The number of nitrogens with zero attached hydrogens (tertiary/aromatic N) is 2. The molecule has 4 rings (SSSR count). The summed E-state index contributed by atoms with van der Waals surface area (Å²) < 4.78 is 0. The largest absolute Gasteiger partial charge is 0.323 e. The summed E-state index contributed by atoms with van der Waals surface area (Å²) in [4.78, 5) is 31.2. The topological polar surface area (TPSA) is 72.0 Å². The Morgan fingerprint density at radius 2 is 1.79 bits per heavy atom. The zero-order valence-corrected chi connectivity index (χ0v) is 15.5. The third-order valence-corrected chi connectivity index (χ3v) is 4.61. The monoisotopic (exact) mass is 379 g/mol. The highest BCUT2D eigenvalue weighted by Crippen LogP contribution is 2.33. The van der Waals surface area contributed by atoms with Crippen molar-refractivity contribution in [3.05, 3.63) is 91.4 Å². The Labute approximate surface area is 167 Å². The Kier molecular flexibility index (Phi) is 4.95. The normalized spacial score (nSPS) is 10.5. The van der Waals surface area contributed by atoms with Gasteiger partial charge in [0.25, 0.3) is 0 Å². The van der Waals surface area contributed by atoms with Gasteiger partial charge in [-0.1, -0.05) is 43.0 Å². The second-order valence-electron chi connectivity index (χ2n) is 6.50. The first kappa shape index (κ1) is 18.3. The first-order valence-corrected chi connectivity index (χ1v) is 9.01. The Balaban J connectivity index is 1.87. The SMILES string of the molecule is C=CC(=O)Nc1cccc(-c2cc(-c3ccc(C=O)cc3)cc3cncnc23)c1. The summed E-state index contributed by atoms with van der Waals surface area (Å²) in [5.74, 6) is -0.265. The van der Waals surface area contributed by atoms with Gasteiger partial charge in [0.2, 0.25) is 5.91 Å². The Hall–Kier alpha value is -4.12. The minimum Gasteiger partial charge on any atom is -0.323 e. The molecule has 0 saturated carbocycles. The molecule has 0 radical (unpaired) electrons. The lowest BCUT2D eigenvalue weighted by molar-refractivity contribution is -0.111. The molecule has 0 unspecified atom stereocenters. The number of carbonyl (C=O) groups is 2. The summed E-state index contributed by atoms with van der Waals surface area (Å²) in [6.45, 7) is 3.48. The maximum absolute atomic E-state index is 11.7. The summed E-state index contributed by atoms with van der Waals surface area (Å²) in [6, 6.07) is 19.1. The van der Waals surface area contributed by atoms with E-state index in [0.717, 1.165) is 39.4 Å². The Morgan fingerprint density at radius 3 is 2.55 bits per heavy atom. The first-order chi connectivity index (χ1) is 14.2. The first-order valence-electron chi connectivity index (χ1n) is 9.01. The number of fused-ring (bicyclic) bond motifs is 1. The van der Waals surface area contributed by atoms with Gasteiger partial charge in [-0.3, -0.25) is 9.59 Å². The molecule has 0 aliphatic carbocycles. The van der Waals surface area contributed by atoms with Crippen LogP contribution in [0.5, 0.6) is 0 Å². The van der Waals surface area contributed by atoms with Crippen molar-refractivity contribution in [3.63, 3.8) is 0 Å². The Morgan fingerprint density at radius 1 is 0.966 bits per heavy atom. The maximum Gasteiger partial charge on any atom is 0.247 e. The summed E-state index contributed by atoms with van der Waals surface area (Å²) in [6.07, 6.45) is 5.36. The molecule has 0 spiro atoms. The molecule has 140 valence electrons. The quantitative estimate of drug-likeness (QED) is 0.395. The lowest BCUT2D eigenvalue weighted by Gasteiger charge is -2.12. The highest BCUT2D eigenvalue weighted by Gasteiger charge is 2.10. The fourth-order valence-electron chi connectivity index (χ4n) is 3.20. The van der Waals surface area contributed by atoms with E-state index in [1.807, 2.05) is 42.5 Å². The molecule has 3 aromatic carbocycles. The van der Waals surface area contributed by atoms with E-state index in [9.17, 15) is 9.59 Å². The highest BCUT2D eigenvalue weighted by atomic mass is 16.1. The number of rotatable bonds is 5. The molecule has 0 saturated heterocycles. The van der Waals surface area contributed by atoms with Gasteiger partial charge in [-0.05, 0) is 47.0 Å². The van der Waals surface area contributed by atoms with Crippen LogP contribution in [-0.4, -0.2) is 22.2 Å². The van der Waals surface area contributed by atoms with Gasteiger partial charge in [0.05, 0.1) is 5.52 Å². The van der Waals surface area contributed by atoms with E-state index in [1.165, 1.54) is 12.4 Å². The average Bonchev–Trinajstić information content (AvgIpc) is 2.78. The number of amides is 1. The number of aldehydes is 1. The predicted octanol–water partition coefficient (Wildman–Crippen LogP) is 4.90. The van der Waals surface area contributed by atoms with Crippen LogP contribution in [0.25, 0.3) is 33.2 Å². The molecular weight excluding hydrogens is 362 g/mol. The van der Waals surface area contributed by atoms with Crippen LogP contribution < -0.4 is 5.32 Å². The molecule has 5 nitrogen and oxygen atoms in total. The van der Waals surface area contributed by atoms with E-state index in [1.54, 1.807) is 18.3 Å². The molecule has 29 heavy (non-hydrogen) atoms. The fourth-order valence-corrected chi connectivity index (χ4v) is 3.20. The van der Waals surface area contributed by atoms with E-state index in [-0.39, 0.29) is 5.91 Å². The second-order valence-corrected chi connectivity index (χ2v) is 6.50. The lowest BCUT2D eigenvalue weighted by atomic mass is 9.95. The summed E-state index contributed by atoms with van der Waals surface area (Å²) >= 11 is 0. The molecule has 5 heteroatoms. The molecule has 1 heterocycles. The molecule has 1 N–H and O–H groups in total. The maximum atomic E-state index is 11.7. The van der Waals surface area contributed by atoms with E-state index in [4.69, 9.17) is 0 Å². The van der Waals surface area contributed by atoms with Gasteiger partial charge in [0.1, 0.15) is 12.6 Å². The van der Waals surface area contributed by atoms with Gasteiger partial charge in [0.15, 0.2) is 0 Å². The number of carbonyl (C=O) groups excluding carboxylic acids is 2. The van der Waals surface area contributed by atoms with Gasteiger partial charge in [0, 0.05) is 28.4 Å². The van der Waals surface area contributed by atoms with Crippen LogP contribution in [0, 0.1) is 0 Å². The van der Waals surface area contributed by atoms with Gasteiger partial charge in [-0.2, -0.15) is 0 Å². The molecule has 0 fully saturated rings. The third-order valence-electron chi connectivity index (χ3n) is 4.61. The van der Waals surface area contributed by atoms with Crippen LogP contribution in [0.3, 0.4) is 0 Å². The minimum atomic E-state index is -0.265. The molecule has 4 aromatic rings. The minimum absolute atomic E-state index is 0.265. The van der Waals surface area contributed by atoms with Crippen molar-refractivity contribution in [1.29, 1.82) is 0 Å². The molecule has 1 aromatic heterocycles. The van der Waals surface area contributed by atoms with Crippen LogP contribution in [0.1, 0.15) is 10.4 Å². The fraction of sp³-hybridized carbons (Fsp3) is 0. The summed E-state index contributed by atoms with van der Waals surface area (Å²) in [7, 11) is 0. The van der Waals surface area contributed by atoms with Crippen molar-refractivity contribution >= 4 is 28.8 Å². The zero-order valence-electron chi connectivity index (χ0n) is 15.5. The molecule has 0 aliphatic heterocycles.